The van der Waals surface area contributed by atoms with Gasteiger partial charge in [0.05, 0.1) is 25.6 Å². The van der Waals surface area contributed by atoms with Gasteiger partial charge in [-0.15, -0.1) is 0 Å². The molecule has 2 heterocycles. The zero-order chi connectivity index (χ0) is 16.7. The fourth-order valence-corrected chi connectivity index (χ4v) is 3.22. The first-order chi connectivity index (χ1) is 11.7. The summed E-state index contributed by atoms with van der Waals surface area (Å²) < 4.78 is 5.19. The monoisotopic (exact) mass is 322 g/mol. The molecule has 0 unspecified atom stereocenters. The zero-order valence-corrected chi connectivity index (χ0v) is 13.7. The minimum Gasteiger partial charge on any atom is -0.497 e. The molecule has 0 bridgehead atoms. The number of benzene rings is 1. The number of carbonyl (C=O) groups excluding carboxylic acids is 1. The maximum absolute atomic E-state index is 12.3. The van der Waals surface area contributed by atoms with E-state index < -0.39 is 0 Å². The number of carbonyl (C=O) groups is 1. The van der Waals surface area contributed by atoms with Crippen LogP contribution in [0.4, 0.5) is 0 Å². The highest BCUT2D eigenvalue weighted by Gasteiger charge is 2.34. The van der Waals surface area contributed by atoms with E-state index in [0.717, 1.165) is 46.6 Å². The Hall–Kier alpha value is -2.89. The molecule has 0 atom stereocenters. The summed E-state index contributed by atoms with van der Waals surface area (Å²) in [6.07, 6.45) is 5.24. The van der Waals surface area contributed by atoms with Crippen LogP contribution in [-0.2, 0) is 11.3 Å². The van der Waals surface area contributed by atoms with Crippen LogP contribution in [0, 0.1) is 0 Å². The zero-order valence-electron chi connectivity index (χ0n) is 13.7. The highest BCUT2D eigenvalue weighted by Crippen LogP contribution is 2.35. The van der Waals surface area contributed by atoms with Crippen LogP contribution in [-0.4, -0.2) is 42.0 Å². The predicted octanol–water partition coefficient (Wildman–Crippen LogP) is 2.30. The Morgan fingerprint density at radius 2 is 2.00 bits per heavy atom. The van der Waals surface area contributed by atoms with Crippen molar-refractivity contribution in [2.45, 2.75) is 19.4 Å². The number of methoxy groups -OCH3 is 1. The molecule has 2 aliphatic heterocycles. The second kappa shape index (κ2) is 5.63. The molecule has 6 heteroatoms. The molecule has 1 aromatic rings. The summed E-state index contributed by atoms with van der Waals surface area (Å²) in [5.74, 6) is 0.809. The molecule has 1 aromatic carbocycles. The summed E-state index contributed by atoms with van der Waals surface area (Å²) in [5.41, 5.74) is 4.87. The van der Waals surface area contributed by atoms with Crippen LogP contribution < -0.4 is 4.74 Å². The smallest absolute Gasteiger partial charge is 0.270 e. The molecular weight excluding hydrogens is 304 g/mol. The number of hydrogen-bond acceptors (Lipinski definition) is 5. The summed E-state index contributed by atoms with van der Waals surface area (Å²) in [6.45, 7) is 0.664. The SMILES string of the molecule is COc1ccc(CN2C=C3C=NN(C)C(=O)C4=C3C(=N2)CC4)cc1. The molecule has 0 radical (unpaired) electrons. The lowest BCUT2D eigenvalue weighted by Gasteiger charge is -2.22. The number of hydrazone groups is 2. The molecule has 0 aromatic heterocycles. The molecule has 24 heavy (non-hydrogen) atoms. The Kier molecular flexibility index (Phi) is 3.45. The van der Waals surface area contributed by atoms with Crippen LogP contribution in [0.2, 0.25) is 0 Å². The van der Waals surface area contributed by atoms with Gasteiger partial charge in [-0.25, -0.2) is 5.01 Å². The molecule has 4 rings (SSSR count). The van der Waals surface area contributed by atoms with Gasteiger partial charge in [-0.05, 0) is 30.5 Å². The van der Waals surface area contributed by atoms with Gasteiger partial charge in [0, 0.05) is 30.0 Å². The molecule has 0 fully saturated rings. The molecule has 122 valence electrons. The minimum atomic E-state index is -0.0292. The fourth-order valence-electron chi connectivity index (χ4n) is 3.22. The van der Waals surface area contributed by atoms with Crippen LogP contribution in [0.3, 0.4) is 0 Å². The van der Waals surface area contributed by atoms with Gasteiger partial charge in [0.1, 0.15) is 5.75 Å². The van der Waals surface area contributed by atoms with Gasteiger partial charge in [-0.3, -0.25) is 9.80 Å². The Morgan fingerprint density at radius 3 is 2.75 bits per heavy atom. The highest BCUT2D eigenvalue weighted by atomic mass is 16.5. The Morgan fingerprint density at radius 1 is 1.21 bits per heavy atom. The summed E-state index contributed by atoms with van der Waals surface area (Å²) >= 11 is 0. The first-order valence-corrected chi connectivity index (χ1v) is 7.90. The van der Waals surface area contributed by atoms with E-state index in [1.807, 2.05) is 35.5 Å². The van der Waals surface area contributed by atoms with Gasteiger partial charge in [0.2, 0.25) is 0 Å². The quantitative estimate of drug-likeness (QED) is 0.858. The summed E-state index contributed by atoms with van der Waals surface area (Å²) in [6, 6.07) is 7.95. The van der Waals surface area contributed by atoms with Crippen molar-refractivity contribution in [3.05, 3.63) is 52.7 Å². The van der Waals surface area contributed by atoms with E-state index >= 15 is 0 Å². The van der Waals surface area contributed by atoms with Crippen molar-refractivity contribution < 1.29 is 9.53 Å². The molecule has 0 N–H and O–H groups in total. The number of amides is 1. The van der Waals surface area contributed by atoms with Gasteiger partial charge in [0.25, 0.3) is 5.91 Å². The Bertz CT molecular complexity index is 818. The van der Waals surface area contributed by atoms with E-state index in [-0.39, 0.29) is 5.91 Å². The number of nitrogens with zero attached hydrogens (tertiary/aromatic N) is 4. The third-order valence-corrected chi connectivity index (χ3v) is 4.45. The predicted molar refractivity (Wildman–Crippen MR) is 91.6 cm³/mol. The van der Waals surface area contributed by atoms with Crippen LogP contribution in [0.5, 0.6) is 5.75 Å². The highest BCUT2D eigenvalue weighted by molar-refractivity contribution is 6.19. The van der Waals surface area contributed by atoms with Gasteiger partial charge in [0.15, 0.2) is 0 Å². The molecule has 0 spiro atoms. The number of ether oxygens (including phenoxy) is 1. The average molecular weight is 322 g/mol. The second-order valence-corrected chi connectivity index (χ2v) is 6.00. The van der Waals surface area contributed by atoms with Gasteiger partial charge in [-0.2, -0.15) is 10.2 Å². The van der Waals surface area contributed by atoms with Crippen molar-refractivity contribution >= 4 is 17.8 Å². The second-order valence-electron chi connectivity index (χ2n) is 6.00. The number of rotatable bonds is 3. The summed E-state index contributed by atoms with van der Waals surface area (Å²) in [7, 11) is 3.35. The van der Waals surface area contributed by atoms with Crippen molar-refractivity contribution in [2.24, 2.45) is 10.2 Å². The van der Waals surface area contributed by atoms with Crippen molar-refractivity contribution in [3.63, 3.8) is 0 Å². The average Bonchev–Trinajstić information content (AvgIpc) is 2.98. The van der Waals surface area contributed by atoms with Crippen LogP contribution in [0.1, 0.15) is 18.4 Å². The number of allylic oxidation sites excluding steroid dienone is 2. The third-order valence-electron chi connectivity index (χ3n) is 4.45. The van der Waals surface area contributed by atoms with Crippen molar-refractivity contribution in [2.75, 3.05) is 14.2 Å². The van der Waals surface area contributed by atoms with E-state index in [0.29, 0.717) is 6.54 Å². The van der Waals surface area contributed by atoms with Crippen molar-refractivity contribution in [1.29, 1.82) is 0 Å². The maximum atomic E-state index is 12.3. The van der Waals surface area contributed by atoms with Crippen molar-refractivity contribution in [1.82, 2.24) is 10.0 Å². The Balaban J connectivity index is 1.65. The lowest BCUT2D eigenvalue weighted by Crippen LogP contribution is -2.22. The van der Waals surface area contributed by atoms with Crippen LogP contribution in [0.25, 0.3) is 0 Å². The van der Waals surface area contributed by atoms with E-state index in [2.05, 4.69) is 5.10 Å². The summed E-state index contributed by atoms with van der Waals surface area (Å²) in [4.78, 5) is 12.3. The molecule has 0 saturated heterocycles. The molecule has 3 aliphatic rings. The fraction of sp³-hybridized carbons (Fsp3) is 0.278. The van der Waals surface area contributed by atoms with Gasteiger partial charge in [-0.1, -0.05) is 12.1 Å². The molecule has 6 nitrogen and oxygen atoms in total. The standard InChI is InChI=1S/C18H18N4O2/c1-21-18(23)15-7-8-16-17(15)13(9-19-21)11-22(20-16)10-12-3-5-14(24-2)6-4-12/h3-6,9,11H,7-8,10H2,1-2H3. The van der Waals surface area contributed by atoms with E-state index in [1.165, 1.54) is 5.01 Å². The van der Waals surface area contributed by atoms with Crippen LogP contribution in [0.15, 0.2) is 57.4 Å². The molecule has 0 saturated carbocycles. The first kappa shape index (κ1) is 14.7. The van der Waals surface area contributed by atoms with Crippen LogP contribution >= 0.6 is 0 Å². The van der Waals surface area contributed by atoms with E-state index in [1.54, 1.807) is 20.4 Å². The summed E-state index contributed by atoms with van der Waals surface area (Å²) in [5, 5.41) is 12.3. The topological polar surface area (TPSA) is 57.5 Å². The first-order valence-electron chi connectivity index (χ1n) is 7.90. The largest absolute Gasteiger partial charge is 0.497 e. The maximum Gasteiger partial charge on any atom is 0.270 e. The van der Waals surface area contributed by atoms with E-state index in [4.69, 9.17) is 9.84 Å². The lowest BCUT2D eigenvalue weighted by atomic mass is 10.0. The van der Waals surface area contributed by atoms with Crippen molar-refractivity contribution in [3.8, 4) is 5.75 Å². The lowest BCUT2D eigenvalue weighted by molar-refractivity contribution is -0.125. The minimum absolute atomic E-state index is 0.0292. The van der Waals surface area contributed by atoms with E-state index in [9.17, 15) is 4.79 Å². The van der Waals surface area contributed by atoms with Gasteiger partial charge < -0.3 is 4.74 Å². The number of hydrogen-bond donors (Lipinski definition) is 0. The molecule has 1 aliphatic carbocycles. The third kappa shape index (κ3) is 2.40. The number of likely N-dealkylation sites (N-methyl/N-ethyl adjacent to an activating group) is 1. The molecule has 1 amide bonds. The molecular formula is C18H18N4O2. The normalized spacial score (nSPS) is 19.2. The Labute approximate surface area is 140 Å². The van der Waals surface area contributed by atoms with Gasteiger partial charge >= 0.3 is 0 Å².